The maximum absolute atomic E-state index is 13.3. The van der Waals surface area contributed by atoms with Crippen LogP contribution in [-0.2, 0) is 16.6 Å². The molecule has 0 fully saturated rings. The molecular weight excluding hydrogens is 262 g/mol. The molecule has 0 saturated carbocycles. The molecule has 2 N–H and O–H groups in total. The molecule has 0 amide bonds. The fraction of sp³-hybridized carbons (Fsp3) is 0.0909. The molecule has 96 valence electrons. The third-order valence-electron chi connectivity index (χ3n) is 2.31. The van der Waals surface area contributed by atoms with Crippen LogP contribution in [0.5, 0.6) is 0 Å². The average Bonchev–Trinajstić information content (AvgIpc) is 2.83. The van der Waals surface area contributed by atoms with Gasteiger partial charge in [0.25, 0.3) is 0 Å². The van der Waals surface area contributed by atoms with E-state index >= 15 is 0 Å². The first kappa shape index (κ1) is 12.7. The van der Waals surface area contributed by atoms with Crippen LogP contribution in [0.15, 0.2) is 41.6 Å². The number of halogens is 2. The van der Waals surface area contributed by atoms with Crippen molar-refractivity contribution >= 4 is 10.0 Å². The van der Waals surface area contributed by atoms with Crippen LogP contribution in [0, 0.1) is 11.6 Å². The lowest BCUT2D eigenvalue weighted by molar-refractivity contribution is 0.545. The van der Waals surface area contributed by atoms with Crippen LogP contribution in [0.25, 0.3) is 0 Å². The van der Waals surface area contributed by atoms with Crippen molar-refractivity contribution in [1.29, 1.82) is 0 Å². The van der Waals surface area contributed by atoms with Gasteiger partial charge in [0.15, 0.2) is 0 Å². The summed E-state index contributed by atoms with van der Waals surface area (Å²) in [4.78, 5) is 2.06. The predicted molar refractivity (Wildman–Crippen MR) is 61.2 cm³/mol. The number of hydrogen-bond acceptors (Lipinski definition) is 2. The molecule has 7 heteroatoms. The van der Waals surface area contributed by atoms with Gasteiger partial charge in [0.1, 0.15) is 16.5 Å². The van der Waals surface area contributed by atoms with Gasteiger partial charge in [0, 0.05) is 18.9 Å². The molecule has 0 bridgehead atoms. The Morgan fingerprint density at radius 3 is 2.67 bits per heavy atom. The van der Waals surface area contributed by atoms with Gasteiger partial charge in [0.05, 0.1) is 0 Å². The maximum atomic E-state index is 13.3. The SMILES string of the molecule is O=S(=O)(NCc1cc[nH]c1)c1cc(F)ccc1F. The number of sulfonamides is 1. The highest BCUT2D eigenvalue weighted by Crippen LogP contribution is 2.15. The summed E-state index contributed by atoms with van der Waals surface area (Å²) >= 11 is 0. The Bertz CT molecular complexity index is 639. The molecule has 0 aliphatic carbocycles. The van der Waals surface area contributed by atoms with Gasteiger partial charge in [0.2, 0.25) is 10.0 Å². The summed E-state index contributed by atoms with van der Waals surface area (Å²) in [6.45, 7) is 0.00177. The number of nitrogens with one attached hydrogen (secondary N) is 2. The van der Waals surface area contributed by atoms with E-state index in [1.807, 2.05) is 0 Å². The lowest BCUT2D eigenvalue weighted by Gasteiger charge is -2.06. The van der Waals surface area contributed by atoms with Crippen LogP contribution in [0.1, 0.15) is 5.56 Å². The predicted octanol–water partition coefficient (Wildman–Crippen LogP) is 1.77. The van der Waals surface area contributed by atoms with Crippen molar-refractivity contribution < 1.29 is 17.2 Å². The lowest BCUT2D eigenvalue weighted by atomic mass is 10.3. The van der Waals surface area contributed by atoms with Crippen molar-refractivity contribution in [2.24, 2.45) is 0 Å². The second kappa shape index (κ2) is 4.87. The smallest absolute Gasteiger partial charge is 0.243 e. The minimum Gasteiger partial charge on any atom is -0.367 e. The fourth-order valence-electron chi connectivity index (χ4n) is 1.41. The molecule has 4 nitrogen and oxygen atoms in total. The minimum absolute atomic E-state index is 0.00177. The third kappa shape index (κ3) is 2.74. The average molecular weight is 272 g/mol. The van der Waals surface area contributed by atoms with E-state index in [0.717, 1.165) is 12.1 Å². The van der Waals surface area contributed by atoms with E-state index in [-0.39, 0.29) is 6.54 Å². The first-order chi connectivity index (χ1) is 8.49. The van der Waals surface area contributed by atoms with E-state index in [1.54, 1.807) is 18.5 Å². The summed E-state index contributed by atoms with van der Waals surface area (Å²) < 4.78 is 52.0. The van der Waals surface area contributed by atoms with Crippen molar-refractivity contribution in [3.63, 3.8) is 0 Å². The Kier molecular flexibility index (Phi) is 3.44. The summed E-state index contributed by atoms with van der Waals surface area (Å²) in [7, 11) is -4.07. The number of rotatable bonds is 4. The minimum atomic E-state index is -4.07. The van der Waals surface area contributed by atoms with Crippen molar-refractivity contribution in [1.82, 2.24) is 9.71 Å². The van der Waals surface area contributed by atoms with E-state index in [1.165, 1.54) is 0 Å². The van der Waals surface area contributed by atoms with Crippen LogP contribution >= 0.6 is 0 Å². The third-order valence-corrected chi connectivity index (χ3v) is 3.73. The Hall–Kier alpha value is -1.73. The van der Waals surface area contributed by atoms with Crippen LogP contribution in [0.2, 0.25) is 0 Å². The van der Waals surface area contributed by atoms with E-state index in [0.29, 0.717) is 11.6 Å². The lowest BCUT2D eigenvalue weighted by Crippen LogP contribution is -2.24. The van der Waals surface area contributed by atoms with Crippen molar-refractivity contribution in [2.75, 3.05) is 0 Å². The quantitative estimate of drug-likeness (QED) is 0.891. The first-order valence-corrected chi connectivity index (χ1v) is 6.54. The summed E-state index contributed by atoms with van der Waals surface area (Å²) in [5.74, 6) is -1.80. The number of aromatic amines is 1. The van der Waals surface area contributed by atoms with E-state index < -0.39 is 26.6 Å². The van der Waals surface area contributed by atoms with Crippen LogP contribution < -0.4 is 4.72 Å². The molecule has 2 rings (SSSR count). The van der Waals surface area contributed by atoms with Crippen molar-refractivity contribution in [3.05, 3.63) is 53.9 Å². The van der Waals surface area contributed by atoms with Gasteiger partial charge >= 0.3 is 0 Å². The van der Waals surface area contributed by atoms with Gasteiger partial charge in [-0.1, -0.05) is 0 Å². The molecule has 0 aliphatic heterocycles. The molecule has 0 atom stereocenters. The summed E-state index contributed by atoms with van der Waals surface area (Å²) in [6, 6.07) is 3.96. The highest BCUT2D eigenvalue weighted by Gasteiger charge is 2.19. The Balaban J connectivity index is 2.22. The van der Waals surface area contributed by atoms with Gasteiger partial charge in [-0.25, -0.2) is 21.9 Å². The zero-order valence-corrected chi connectivity index (χ0v) is 9.97. The van der Waals surface area contributed by atoms with Gasteiger partial charge in [-0.2, -0.15) is 0 Å². The molecule has 0 unspecified atom stereocenters. The molecule has 2 aromatic rings. The standard InChI is InChI=1S/C11H10F2N2O2S/c12-9-1-2-10(13)11(5-9)18(16,17)15-7-8-3-4-14-6-8/h1-6,14-15H,7H2. The van der Waals surface area contributed by atoms with Crippen molar-refractivity contribution in [2.45, 2.75) is 11.4 Å². The highest BCUT2D eigenvalue weighted by molar-refractivity contribution is 7.89. The largest absolute Gasteiger partial charge is 0.367 e. The summed E-state index contributed by atoms with van der Waals surface area (Å²) in [5, 5.41) is 0. The highest BCUT2D eigenvalue weighted by atomic mass is 32.2. The van der Waals surface area contributed by atoms with Crippen LogP contribution in [0.3, 0.4) is 0 Å². The van der Waals surface area contributed by atoms with Gasteiger partial charge < -0.3 is 4.98 Å². The maximum Gasteiger partial charge on any atom is 0.243 e. The van der Waals surface area contributed by atoms with E-state index in [9.17, 15) is 17.2 Å². The summed E-state index contributed by atoms with van der Waals surface area (Å²) in [5.41, 5.74) is 0.690. The van der Waals surface area contributed by atoms with E-state index in [4.69, 9.17) is 0 Å². The number of H-pyrrole nitrogens is 1. The number of hydrogen-bond donors (Lipinski definition) is 2. The molecule has 1 aromatic carbocycles. The van der Waals surface area contributed by atoms with Crippen molar-refractivity contribution in [3.8, 4) is 0 Å². The van der Waals surface area contributed by atoms with Gasteiger partial charge in [-0.15, -0.1) is 0 Å². The second-order valence-corrected chi connectivity index (χ2v) is 5.35. The van der Waals surface area contributed by atoms with Gasteiger partial charge in [-0.05, 0) is 29.8 Å². The monoisotopic (exact) mass is 272 g/mol. The second-order valence-electron chi connectivity index (χ2n) is 3.62. The molecule has 0 radical (unpaired) electrons. The molecular formula is C11H10F2N2O2S. The normalized spacial score (nSPS) is 11.7. The van der Waals surface area contributed by atoms with Crippen LogP contribution in [0.4, 0.5) is 8.78 Å². The van der Waals surface area contributed by atoms with Crippen LogP contribution in [-0.4, -0.2) is 13.4 Å². The fourth-order valence-corrected chi connectivity index (χ4v) is 2.51. The Morgan fingerprint density at radius 1 is 1.22 bits per heavy atom. The Labute approximate surface area is 103 Å². The molecule has 1 aromatic heterocycles. The van der Waals surface area contributed by atoms with E-state index in [2.05, 4.69) is 9.71 Å². The molecule has 1 heterocycles. The zero-order valence-electron chi connectivity index (χ0n) is 9.15. The van der Waals surface area contributed by atoms with Gasteiger partial charge in [-0.3, -0.25) is 0 Å². The zero-order chi connectivity index (χ0) is 13.2. The first-order valence-electron chi connectivity index (χ1n) is 5.05. The topological polar surface area (TPSA) is 62.0 Å². The molecule has 0 aliphatic rings. The Morgan fingerprint density at radius 2 is 2.00 bits per heavy atom. The molecule has 0 saturated heterocycles. The number of benzene rings is 1. The summed E-state index contributed by atoms with van der Waals surface area (Å²) in [6.07, 6.45) is 3.23. The molecule has 18 heavy (non-hydrogen) atoms. The molecule has 0 spiro atoms. The number of aromatic nitrogens is 1.